The highest BCUT2D eigenvalue weighted by Gasteiger charge is 2.30. The van der Waals surface area contributed by atoms with Crippen molar-refractivity contribution in [3.63, 3.8) is 0 Å². The maximum absolute atomic E-state index is 13.4. The van der Waals surface area contributed by atoms with Crippen molar-refractivity contribution in [2.45, 2.75) is 25.9 Å². The first kappa shape index (κ1) is 24.8. The van der Waals surface area contributed by atoms with Crippen molar-refractivity contribution >= 4 is 39.3 Å². The smallest absolute Gasteiger partial charge is 0.261 e. The van der Waals surface area contributed by atoms with Crippen molar-refractivity contribution in [2.24, 2.45) is 0 Å². The molecule has 1 unspecified atom stereocenters. The third kappa shape index (κ3) is 7.34. The van der Waals surface area contributed by atoms with Gasteiger partial charge in [0, 0.05) is 24.5 Å². The van der Waals surface area contributed by atoms with E-state index in [0.29, 0.717) is 34.8 Å². The second kappa shape index (κ2) is 12.4. The molecule has 1 atom stereocenters. The molecule has 0 bridgehead atoms. The second-order valence-electron chi connectivity index (χ2n) is 7.47. The van der Waals surface area contributed by atoms with Crippen molar-refractivity contribution in [3.05, 3.63) is 99.5 Å². The Kier molecular flexibility index (Phi) is 9.34. The van der Waals surface area contributed by atoms with E-state index in [2.05, 4.69) is 21.2 Å². The maximum atomic E-state index is 13.4. The summed E-state index contributed by atoms with van der Waals surface area (Å²) >= 11 is 9.40. The number of hydrogen-bond acceptors (Lipinski definition) is 3. The van der Waals surface area contributed by atoms with Crippen molar-refractivity contribution < 1.29 is 14.3 Å². The Morgan fingerprint density at radius 2 is 1.64 bits per heavy atom. The highest BCUT2D eigenvalue weighted by Crippen LogP contribution is 2.28. The standard InChI is InChI=1S/C26H26BrClN2O3/c1-2-29-26(32)23(15-19-9-5-3-6-10-19)30(17-20-11-7-4-8-12-20)25(31)18-33-24-14-13-21(28)16-22(24)27/h3-14,16,23H,2,15,17-18H2,1H3,(H,29,32). The van der Waals surface area contributed by atoms with Gasteiger partial charge in [-0.1, -0.05) is 72.3 Å². The summed E-state index contributed by atoms with van der Waals surface area (Å²) in [6, 6.07) is 23.7. The quantitative estimate of drug-likeness (QED) is 0.390. The summed E-state index contributed by atoms with van der Waals surface area (Å²) in [6.07, 6.45) is 0.399. The SMILES string of the molecule is CCNC(=O)C(Cc1ccccc1)N(Cc1ccccc1)C(=O)COc1ccc(Cl)cc1Br. The molecule has 0 aliphatic carbocycles. The van der Waals surface area contributed by atoms with Gasteiger partial charge < -0.3 is 15.0 Å². The van der Waals surface area contributed by atoms with E-state index < -0.39 is 6.04 Å². The van der Waals surface area contributed by atoms with E-state index in [1.807, 2.05) is 67.6 Å². The van der Waals surface area contributed by atoms with E-state index in [1.54, 1.807) is 23.1 Å². The lowest BCUT2D eigenvalue weighted by molar-refractivity contribution is -0.142. The maximum Gasteiger partial charge on any atom is 0.261 e. The lowest BCUT2D eigenvalue weighted by Crippen LogP contribution is -2.51. The van der Waals surface area contributed by atoms with Gasteiger partial charge in [-0.2, -0.15) is 0 Å². The molecule has 0 aromatic heterocycles. The zero-order chi connectivity index (χ0) is 23.6. The molecule has 0 spiro atoms. The van der Waals surface area contributed by atoms with Crippen LogP contribution in [0.3, 0.4) is 0 Å². The predicted octanol–water partition coefficient (Wildman–Crippen LogP) is 5.26. The molecule has 1 N–H and O–H groups in total. The van der Waals surface area contributed by atoms with Crippen molar-refractivity contribution in [3.8, 4) is 5.75 Å². The zero-order valence-corrected chi connectivity index (χ0v) is 20.7. The van der Waals surface area contributed by atoms with E-state index in [0.717, 1.165) is 11.1 Å². The fourth-order valence-electron chi connectivity index (χ4n) is 3.44. The van der Waals surface area contributed by atoms with Gasteiger partial charge in [0.1, 0.15) is 11.8 Å². The number of carbonyl (C=O) groups excluding carboxylic acids is 2. The average Bonchev–Trinajstić information content (AvgIpc) is 2.82. The highest BCUT2D eigenvalue weighted by atomic mass is 79.9. The summed E-state index contributed by atoms with van der Waals surface area (Å²) in [5.74, 6) is 0.0243. The number of ether oxygens (including phenoxy) is 1. The van der Waals surface area contributed by atoms with Gasteiger partial charge in [-0.3, -0.25) is 9.59 Å². The number of hydrogen-bond donors (Lipinski definition) is 1. The summed E-state index contributed by atoms with van der Waals surface area (Å²) in [5.41, 5.74) is 1.90. The summed E-state index contributed by atoms with van der Waals surface area (Å²) in [4.78, 5) is 28.1. The minimum Gasteiger partial charge on any atom is -0.483 e. The number of carbonyl (C=O) groups is 2. The Bertz CT molecular complexity index is 1060. The molecule has 0 aliphatic rings. The van der Waals surface area contributed by atoms with Gasteiger partial charge in [-0.15, -0.1) is 0 Å². The molecule has 3 aromatic carbocycles. The lowest BCUT2D eigenvalue weighted by atomic mass is 10.0. The Balaban J connectivity index is 1.87. The van der Waals surface area contributed by atoms with E-state index >= 15 is 0 Å². The van der Waals surface area contributed by atoms with Crippen LogP contribution < -0.4 is 10.1 Å². The molecule has 3 rings (SSSR count). The van der Waals surface area contributed by atoms with Crippen molar-refractivity contribution in [1.82, 2.24) is 10.2 Å². The first-order valence-corrected chi connectivity index (χ1v) is 11.9. The van der Waals surface area contributed by atoms with Gasteiger partial charge in [0.05, 0.1) is 4.47 Å². The minimum absolute atomic E-state index is 0.196. The van der Waals surface area contributed by atoms with Crippen molar-refractivity contribution in [2.75, 3.05) is 13.2 Å². The molecule has 0 saturated heterocycles. The van der Waals surface area contributed by atoms with E-state index in [4.69, 9.17) is 16.3 Å². The third-order valence-corrected chi connectivity index (χ3v) is 5.92. The van der Waals surface area contributed by atoms with Crippen LogP contribution in [0.15, 0.2) is 83.3 Å². The normalized spacial score (nSPS) is 11.5. The summed E-state index contributed by atoms with van der Waals surface area (Å²) in [7, 11) is 0. The number of nitrogens with one attached hydrogen (secondary N) is 1. The van der Waals surface area contributed by atoms with Crippen LogP contribution in [0, 0.1) is 0 Å². The number of amides is 2. The monoisotopic (exact) mass is 528 g/mol. The molecular formula is C26H26BrClN2O3. The van der Waals surface area contributed by atoms with Crippen LogP contribution >= 0.6 is 27.5 Å². The molecule has 0 saturated carbocycles. The number of likely N-dealkylation sites (N-methyl/N-ethyl adjacent to an activating group) is 1. The Hall–Kier alpha value is -2.83. The van der Waals surface area contributed by atoms with Gasteiger partial charge in [0.25, 0.3) is 5.91 Å². The number of benzene rings is 3. The van der Waals surface area contributed by atoms with Crippen molar-refractivity contribution in [1.29, 1.82) is 0 Å². The molecule has 3 aromatic rings. The molecule has 33 heavy (non-hydrogen) atoms. The molecule has 0 aliphatic heterocycles. The van der Waals surface area contributed by atoms with Gasteiger partial charge in [-0.25, -0.2) is 0 Å². The lowest BCUT2D eigenvalue weighted by Gasteiger charge is -2.31. The third-order valence-electron chi connectivity index (χ3n) is 5.06. The molecule has 0 radical (unpaired) electrons. The molecule has 0 heterocycles. The first-order chi connectivity index (χ1) is 16.0. The number of rotatable bonds is 10. The zero-order valence-electron chi connectivity index (χ0n) is 18.3. The predicted molar refractivity (Wildman–Crippen MR) is 134 cm³/mol. The van der Waals surface area contributed by atoms with Crippen LogP contribution in [0.4, 0.5) is 0 Å². The fourth-order valence-corrected chi connectivity index (χ4v) is 4.24. The first-order valence-electron chi connectivity index (χ1n) is 10.7. The topological polar surface area (TPSA) is 58.6 Å². The molecule has 7 heteroatoms. The van der Waals surface area contributed by atoms with Gasteiger partial charge in [0.15, 0.2) is 6.61 Å². The molecular weight excluding hydrogens is 504 g/mol. The number of halogens is 2. The van der Waals surface area contributed by atoms with Gasteiger partial charge in [0.2, 0.25) is 5.91 Å². The minimum atomic E-state index is -0.683. The average molecular weight is 530 g/mol. The summed E-state index contributed by atoms with van der Waals surface area (Å²) < 4.78 is 6.44. The summed E-state index contributed by atoms with van der Waals surface area (Å²) in [5, 5.41) is 3.44. The van der Waals surface area contributed by atoms with Crippen LogP contribution in [0.1, 0.15) is 18.1 Å². The molecule has 172 valence electrons. The van der Waals surface area contributed by atoms with Crippen LogP contribution in [-0.4, -0.2) is 35.9 Å². The van der Waals surface area contributed by atoms with Gasteiger partial charge >= 0.3 is 0 Å². The molecule has 2 amide bonds. The van der Waals surface area contributed by atoms with Gasteiger partial charge in [-0.05, 0) is 52.2 Å². The highest BCUT2D eigenvalue weighted by molar-refractivity contribution is 9.10. The largest absolute Gasteiger partial charge is 0.483 e. The van der Waals surface area contributed by atoms with E-state index in [-0.39, 0.29) is 18.4 Å². The van der Waals surface area contributed by atoms with Crippen LogP contribution in [0.2, 0.25) is 5.02 Å². The summed E-state index contributed by atoms with van der Waals surface area (Å²) in [6.45, 7) is 2.42. The Morgan fingerprint density at radius 1 is 1.00 bits per heavy atom. The molecule has 0 fully saturated rings. The fraction of sp³-hybridized carbons (Fsp3) is 0.231. The van der Waals surface area contributed by atoms with E-state index in [1.165, 1.54) is 0 Å². The van der Waals surface area contributed by atoms with Crippen LogP contribution in [-0.2, 0) is 22.6 Å². The van der Waals surface area contributed by atoms with E-state index in [9.17, 15) is 9.59 Å². The van der Waals surface area contributed by atoms with Crippen LogP contribution in [0.25, 0.3) is 0 Å². The Labute approximate surface area is 207 Å². The Morgan fingerprint density at radius 3 is 2.24 bits per heavy atom. The molecule has 5 nitrogen and oxygen atoms in total. The second-order valence-corrected chi connectivity index (χ2v) is 8.76. The number of nitrogens with zero attached hydrogens (tertiary/aromatic N) is 1. The van der Waals surface area contributed by atoms with Crippen LogP contribution in [0.5, 0.6) is 5.75 Å².